The van der Waals surface area contributed by atoms with Crippen molar-refractivity contribution in [1.29, 1.82) is 0 Å². The van der Waals surface area contributed by atoms with Crippen LogP contribution in [0.2, 0.25) is 0 Å². The Morgan fingerprint density at radius 1 is 1.37 bits per heavy atom. The van der Waals surface area contributed by atoms with Gasteiger partial charge in [0.1, 0.15) is 0 Å². The average molecular weight is 262 g/mol. The first-order valence-electron chi connectivity index (χ1n) is 6.64. The molecule has 2 N–H and O–H groups in total. The molecule has 2 unspecified atom stereocenters. The van der Waals surface area contributed by atoms with E-state index < -0.39 is 5.43 Å². The van der Waals surface area contributed by atoms with Crippen molar-refractivity contribution < 1.29 is 14.9 Å². The molecule has 0 spiro atoms. The van der Waals surface area contributed by atoms with Gasteiger partial charge < -0.3 is 14.9 Å². The summed E-state index contributed by atoms with van der Waals surface area (Å²) in [7, 11) is 0. The molecule has 1 aliphatic carbocycles. The van der Waals surface area contributed by atoms with Crippen LogP contribution in [0.4, 0.5) is 0 Å². The van der Waals surface area contributed by atoms with Crippen molar-refractivity contribution in [1.82, 2.24) is 0 Å². The first-order valence-corrected chi connectivity index (χ1v) is 6.64. The molecule has 3 rings (SSSR count). The summed E-state index contributed by atoms with van der Waals surface area (Å²) < 4.78 is 5.52. The van der Waals surface area contributed by atoms with Crippen LogP contribution in [0, 0.1) is 12.8 Å². The third kappa shape index (κ3) is 1.91. The Kier molecular flexibility index (Phi) is 2.61. The molecule has 0 aromatic heterocycles. The van der Waals surface area contributed by atoms with Crippen molar-refractivity contribution in [2.45, 2.75) is 38.7 Å². The largest absolute Gasteiger partial charge is 0.504 e. The highest BCUT2D eigenvalue weighted by Crippen LogP contribution is 2.43. The second kappa shape index (κ2) is 3.97. The van der Waals surface area contributed by atoms with Crippen LogP contribution in [-0.4, -0.2) is 22.4 Å². The fraction of sp³-hybridized carbons (Fsp3) is 0.533. The van der Waals surface area contributed by atoms with Gasteiger partial charge in [-0.1, -0.05) is 0 Å². The molecule has 2 atom stereocenters. The standard InChI is InChI=1S/C15H18O4/c1-8-5-12(16)14(18)13(17)10-4-3-9(6-11(8)10)15(2)7-19-15/h5,9H,3-4,6-7H2,1-2H3,(H2,16,17,18). The number of hydrogen-bond donors (Lipinski definition) is 2. The molecule has 0 saturated carbocycles. The summed E-state index contributed by atoms with van der Waals surface area (Å²) in [6.07, 6.45) is 2.36. The lowest BCUT2D eigenvalue weighted by Crippen LogP contribution is -2.27. The van der Waals surface area contributed by atoms with E-state index in [9.17, 15) is 15.0 Å². The molecular formula is C15H18O4. The van der Waals surface area contributed by atoms with E-state index in [0.717, 1.165) is 30.6 Å². The van der Waals surface area contributed by atoms with Crippen LogP contribution in [0.5, 0.6) is 11.5 Å². The second-order valence-corrected chi connectivity index (χ2v) is 5.89. The molecule has 0 radical (unpaired) electrons. The first-order chi connectivity index (χ1) is 8.92. The van der Waals surface area contributed by atoms with E-state index in [4.69, 9.17) is 4.74 Å². The zero-order chi connectivity index (χ0) is 13.8. The summed E-state index contributed by atoms with van der Waals surface area (Å²) in [5.41, 5.74) is 1.83. The van der Waals surface area contributed by atoms with Crippen molar-refractivity contribution in [2.24, 2.45) is 5.92 Å². The van der Waals surface area contributed by atoms with Crippen LogP contribution in [0.1, 0.15) is 30.0 Å². The molecule has 102 valence electrons. The molecule has 4 heteroatoms. The zero-order valence-corrected chi connectivity index (χ0v) is 11.2. The fourth-order valence-electron chi connectivity index (χ4n) is 3.09. The minimum absolute atomic E-state index is 0.0451. The van der Waals surface area contributed by atoms with Gasteiger partial charge >= 0.3 is 0 Å². The summed E-state index contributed by atoms with van der Waals surface area (Å²) in [6.45, 7) is 4.77. The van der Waals surface area contributed by atoms with Gasteiger partial charge in [0.15, 0.2) is 11.5 Å². The van der Waals surface area contributed by atoms with Crippen LogP contribution >= 0.6 is 0 Å². The van der Waals surface area contributed by atoms with Crippen LogP contribution in [0.25, 0.3) is 0 Å². The van der Waals surface area contributed by atoms with Gasteiger partial charge in [-0.3, -0.25) is 4.79 Å². The number of hydrogen-bond acceptors (Lipinski definition) is 4. The van der Waals surface area contributed by atoms with Gasteiger partial charge in [0.05, 0.1) is 12.2 Å². The summed E-state index contributed by atoms with van der Waals surface area (Å²) in [5.74, 6) is -0.256. The lowest BCUT2D eigenvalue weighted by Gasteiger charge is -2.27. The highest BCUT2D eigenvalue weighted by molar-refractivity contribution is 5.48. The molecular weight excluding hydrogens is 244 g/mol. The van der Waals surface area contributed by atoms with E-state index in [1.54, 1.807) is 0 Å². The number of fused-ring (bicyclic) bond motifs is 1. The number of rotatable bonds is 1. The van der Waals surface area contributed by atoms with Crippen molar-refractivity contribution >= 4 is 0 Å². The van der Waals surface area contributed by atoms with Crippen LogP contribution in [0.3, 0.4) is 0 Å². The van der Waals surface area contributed by atoms with Gasteiger partial charge in [-0.25, -0.2) is 0 Å². The quantitative estimate of drug-likeness (QED) is 0.755. The summed E-state index contributed by atoms with van der Waals surface area (Å²) in [5, 5.41) is 19.7. The molecule has 1 fully saturated rings. The first kappa shape index (κ1) is 12.5. The van der Waals surface area contributed by atoms with E-state index >= 15 is 0 Å². The van der Waals surface area contributed by atoms with Crippen LogP contribution in [-0.2, 0) is 17.6 Å². The van der Waals surface area contributed by atoms with Crippen molar-refractivity contribution in [3.8, 4) is 11.5 Å². The highest BCUT2D eigenvalue weighted by atomic mass is 16.6. The topological polar surface area (TPSA) is 70.1 Å². The van der Waals surface area contributed by atoms with Crippen LogP contribution < -0.4 is 5.43 Å². The third-order valence-corrected chi connectivity index (χ3v) is 4.58. The monoisotopic (exact) mass is 262 g/mol. The maximum Gasteiger partial charge on any atom is 0.261 e. The average Bonchev–Trinajstić information content (AvgIpc) is 3.15. The van der Waals surface area contributed by atoms with Gasteiger partial charge in [-0.05, 0) is 56.2 Å². The maximum atomic E-state index is 11.8. The van der Waals surface area contributed by atoms with E-state index in [1.807, 2.05) is 6.92 Å². The molecule has 0 bridgehead atoms. The predicted molar refractivity (Wildman–Crippen MR) is 70.7 cm³/mol. The molecule has 0 amide bonds. The summed E-state index contributed by atoms with van der Waals surface area (Å²) >= 11 is 0. The minimum atomic E-state index is -0.670. The molecule has 4 nitrogen and oxygen atoms in total. The van der Waals surface area contributed by atoms with Crippen LogP contribution in [0.15, 0.2) is 10.9 Å². The Bertz CT molecular complexity index is 602. The van der Waals surface area contributed by atoms with Gasteiger partial charge in [0, 0.05) is 5.56 Å². The van der Waals surface area contributed by atoms with Gasteiger partial charge in [0.2, 0.25) is 0 Å². The summed E-state index contributed by atoms with van der Waals surface area (Å²) in [4.78, 5) is 11.8. The Morgan fingerprint density at radius 2 is 2.05 bits per heavy atom. The molecule has 1 aromatic carbocycles. The molecule has 19 heavy (non-hydrogen) atoms. The number of ether oxygens (including phenoxy) is 1. The van der Waals surface area contributed by atoms with E-state index in [0.29, 0.717) is 17.9 Å². The SMILES string of the molecule is Cc1cc(O)c(=O)c(O)c2c1CC(C1(C)CO1)CC2. The summed E-state index contributed by atoms with van der Waals surface area (Å²) in [6, 6.07) is 1.46. The molecule has 1 aromatic rings. The van der Waals surface area contributed by atoms with E-state index in [1.165, 1.54) is 6.07 Å². The fourth-order valence-corrected chi connectivity index (χ4v) is 3.09. The normalized spacial score (nSPS) is 28.8. The smallest absolute Gasteiger partial charge is 0.261 e. The van der Waals surface area contributed by atoms with Gasteiger partial charge in [0.25, 0.3) is 5.43 Å². The molecule has 2 aliphatic rings. The lowest BCUT2D eigenvalue weighted by molar-refractivity contribution is 0.216. The predicted octanol–water partition coefficient (Wildman–Crippen LogP) is 1.66. The molecule has 1 heterocycles. The molecule has 1 saturated heterocycles. The van der Waals surface area contributed by atoms with Crippen molar-refractivity contribution in [2.75, 3.05) is 6.61 Å². The zero-order valence-electron chi connectivity index (χ0n) is 11.2. The van der Waals surface area contributed by atoms with Crippen molar-refractivity contribution in [3.05, 3.63) is 33.0 Å². The Hall–Kier alpha value is -1.55. The van der Waals surface area contributed by atoms with E-state index in [-0.39, 0.29) is 17.1 Å². The van der Waals surface area contributed by atoms with Gasteiger partial charge in [-0.15, -0.1) is 0 Å². The number of aryl methyl sites for hydroxylation is 1. The maximum absolute atomic E-state index is 11.8. The Morgan fingerprint density at radius 3 is 2.68 bits per heavy atom. The highest BCUT2D eigenvalue weighted by Gasteiger charge is 2.47. The Balaban J connectivity index is 2.13. The Labute approximate surface area is 111 Å². The second-order valence-electron chi connectivity index (χ2n) is 5.89. The number of aromatic hydroxyl groups is 2. The number of epoxide rings is 1. The minimum Gasteiger partial charge on any atom is -0.504 e. The third-order valence-electron chi connectivity index (χ3n) is 4.58. The van der Waals surface area contributed by atoms with Crippen molar-refractivity contribution in [3.63, 3.8) is 0 Å². The lowest BCUT2D eigenvalue weighted by atomic mass is 9.77. The van der Waals surface area contributed by atoms with Gasteiger partial charge in [-0.2, -0.15) is 0 Å². The van der Waals surface area contributed by atoms with E-state index in [2.05, 4.69) is 6.92 Å². The molecule has 1 aliphatic heterocycles.